The zero-order valence-electron chi connectivity index (χ0n) is 19.0. The number of likely N-dealkylation sites (tertiary alicyclic amines) is 1. The monoisotopic (exact) mass is 441 g/mol. The number of piperidine rings is 1. The van der Waals surface area contributed by atoms with Crippen molar-refractivity contribution in [3.63, 3.8) is 0 Å². The second-order valence-electron chi connectivity index (χ2n) is 9.14. The Morgan fingerprint density at radius 1 is 1.31 bits per heavy atom. The summed E-state index contributed by atoms with van der Waals surface area (Å²) in [4.78, 5) is 26.9. The lowest BCUT2D eigenvalue weighted by molar-refractivity contribution is -0.131. The molecule has 0 aliphatic carbocycles. The van der Waals surface area contributed by atoms with E-state index in [0.29, 0.717) is 13.0 Å². The summed E-state index contributed by atoms with van der Waals surface area (Å²) < 4.78 is 5.33. The van der Waals surface area contributed by atoms with Gasteiger partial charge in [-0.2, -0.15) is 5.26 Å². The molecule has 1 fully saturated rings. The summed E-state index contributed by atoms with van der Waals surface area (Å²) >= 11 is 0. The third-order valence-corrected chi connectivity index (χ3v) is 5.18. The SMILES string of the molecule is CC(C)(C)C=C(C#N)C(=O)N1CCCC[C@@H]1COC(=O)N[C@@H](Cc1ccccc1)B(O)O. The normalized spacial score (nSPS) is 17.8. The number of hydrogen-bond acceptors (Lipinski definition) is 6. The standard InChI is InChI=1S/C23H32BN3O5/c1-23(2,3)14-18(15-25)21(28)27-12-8-7-11-19(27)16-32-22(29)26-20(24(30)31)13-17-9-5-4-6-10-17/h4-6,9-10,14,19-20,30-31H,7-8,11-13,16H2,1-3H3,(H,26,29)/t19-,20+/m1/s1. The number of benzene rings is 1. The van der Waals surface area contributed by atoms with E-state index in [2.05, 4.69) is 5.32 Å². The van der Waals surface area contributed by atoms with Gasteiger partial charge < -0.3 is 25.0 Å². The first-order valence-electron chi connectivity index (χ1n) is 10.9. The van der Waals surface area contributed by atoms with Gasteiger partial charge in [-0.1, -0.05) is 57.2 Å². The van der Waals surface area contributed by atoms with Gasteiger partial charge in [-0.05, 0) is 36.7 Å². The molecule has 1 aromatic rings. The van der Waals surface area contributed by atoms with E-state index in [1.807, 2.05) is 57.2 Å². The predicted molar refractivity (Wildman–Crippen MR) is 121 cm³/mol. The molecule has 0 bridgehead atoms. The summed E-state index contributed by atoms with van der Waals surface area (Å²) in [5.74, 6) is -1.29. The van der Waals surface area contributed by atoms with Crippen molar-refractivity contribution in [3.05, 3.63) is 47.5 Å². The average molecular weight is 441 g/mol. The van der Waals surface area contributed by atoms with Crippen LogP contribution in [0.25, 0.3) is 0 Å². The molecule has 9 heteroatoms. The van der Waals surface area contributed by atoms with Crippen LogP contribution in [0.3, 0.4) is 0 Å². The molecule has 2 amide bonds. The van der Waals surface area contributed by atoms with Gasteiger partial charge in [-0.3, -0.25) is 4.79 Å². The zero-order chi connectivity index (χ0) is 23.7. The van der Waals surface area contributed by atoms with Crippen LogP contribution in [-0.4, -0.2) is 59.2 Å². The molecule has 1 heterocycles. The molecule has 0 radical (unpaired) electrons. The maximum absolute atomic E-state index is 12.9. The predicted octanol–water partition coefficient (Wildman–Crippen LogP) is 2.21. The third kappa shape index (κ3) is 8.02. The zero-order valence-corrected chi connectivity index (χ0v) is 19.0. The quantitative estimate of drug-likeness (QED) is 0.339. The van der Waals surface area contributed by atoms with Gasteiger partial charge in [0, 0.05) is 6.54 Å². The lowest BCUT2D eigenvalue weighted by Crippen LogP contribution is -2.50. The number of alkyl carbamates (subject to hydrolysis) is 1. The first-order valence-corrected chi connectivity index (χ1v) is 10.9. The van der Waals surface area contributed by atoms with Crippen molar-refractivity contribution >= 4 is 19.1 Å². The van der Waals surface area contributed by atoms with Crippen molar-refractivity contribution in [3.8, 4) is 6.07 Å². The smallest absolute Gasteiger partial charge is 0.447 e. The van der Waals surface area contributed by atoms with Crippen molar-refractivity contribution in [1.29, 1.82) is 5.26 Å². The average Bonchev–Trinajstić information content (AvgIpc) is 2.75. The maximum atomic E-state index is 12.9. The van der Waals surface area contributed by atoms with Crippen LogP contribution in [0, 0.1) is 16.7 Å². The van der Waals surface area contributed by atoms with Gasteiger partial charge >= 0.3 is 13.2 Å². The van der Waals surface area contributed by atoms with Crippen LogP contribution in [0.4, 0.5) is 4.79 Å². The Morgan fingerprint density at radius 3 is 2.59 bits per heavy atom. The summed E-state index contributed by atoms with van der Waals surface area (Å²) in [5.41, 5.74) is 0.603. The van der Waals surface area contributed by atoms with Crippen molar-refractivity contribution in [2.75, 3.05) is 13.2 Å². The molecule has 1 saturated heterocycles. The van der Waals surface area contributed by atoms with E-state index in [1.165, 1.54) is 0 Å². The van der Waals surface area contributed by atoms with Gasteiger partial charge in [0.05, 0.1) is 12.0 Å². The van der Waals surface area contributed by atoms with Crippen LogP contribution in [0.1, 0.15) is 45.6 Å². The topological polar surface area (TPSA) is 123 Å². The Bertz CT molecular complexity index is 845. The highest BCUT2D eigenvalue weighted by molar-refractivity contribution is 6.43. The molecule has 1 aliphatic heterocycles. The van der Waals surface area contributed by atoms with Gasteiger partial charge in [-0.15, -0.1) is 0 Å². The van der Waals surface area contributed by atoms with E-state index in [4.69, 9.17) is 4.74 Å². The fourth-order valence-corrected chi connectivity index (χ4v) is 3.63. The first kappa shape index (κ1) is 25.4. The minimum absolute atomic E-state index is 0.0363. The van der Waals surface area contributed by atoms with E-state index in [1.54, 1.807) is 11.0 Å². The molecule has 0 spiro atoms. The van der Waals surface area contributed by atoms with Gasteiger partial charge in [0.15, 0.2) is 0 Å². The number of nitriles is 1. The Labute approximate surface area is 190 Å². The fraction of sp³-hybridized carbons (Fsp3) is 0.522. The van der Waals surface area contributed by atoms with Crippen LogP contribution < -0.4 is 5.32 Å². The molecular formula is C23H32BN3O5. The minimum Gasteiger partial charge on any atom is -0.447 e. The molecule has 0 aromatic heterocycles. The number of rotatable bonds is 7. The second kappa shape index (κ2) is 11.7. The lowest BCUT2D eigenvalue weighted by atomic mass is 9.76. The lowest BCUT2D eigenvalue weighted by Gasteiger charge is -2.35. The molecule has 3 N–H and O–H groups in total. The molecule has 8 nitrogen and oxygen atoms in total. The van der Waals surface area contributed by atoms with Crippen LogP contribution in [0.5, 0.6) is 0 Å². The number of allylic oxidation sites excluding steroid dienone is 1. The number of carbonyl (C=O) groups is 2. The van der Waals surface area contributed by atoms with Crippen LogP contribution in [0.15, 0.2) is 42.0 Å². The molecule has 1 aromatic carbocycles. The van der Waals surface area contributed by atoms with Gasteiger partial charge in [-0.25, -0.2) is 4.79 Å². The summed E-state index contributed by atoms with van der Waals surface area (Å²) in [6, 6.07) is 10.8. The minimum atomic E-state index is -1.75. The Hall–Kier alpha value is -2.83. The molecule has 32 heavy (non-hydrogen) atoms. The van der Waals surface area contributed by atoms with Gasteiger partial charge in [0.1, 0.15) is 18.2 Å². The van der Waals surface area contributed by atoms with Crippen molar-refractivity contribution in [1.82, 2.24) is 10.2 Å². The van der Waals surface area contributed by atoms with Crippen LogP contribution >= 0.6 is 0 Å². The second-order valence-corrected chi connectivity index (χ2v) is 9.14. The summed E-state index contributed by atoms with van der Waals surface area (Å²) in [6.07, 6.45) is 3.46. The van der Waals surface area contributed by atoms with E-state index in [-0.39, 0.29) is 36.0 Å². The maximum Gasteiger partial charge on any atom is 0.475 e. The molecule has 1 aliphatic rings. The summed E-state index contributed by atoms with van der Waals surface area (Å²) in [7, 11) is -1.75. The van der Waals surface area contributed by atoms with E-state index >= 15 is 0 Å². The molecule has 172 valence electrons. The van der Waals surface area contributed by atoms with E-state index < -0.39 is 19.2 Å². The van der Waals surface area contributed by atoms with E-state index in [0.717, 1.165) is 18.4 Å². The summed E-state index contributed by atoms with van der Waals surface area (Å²) in [5, 5.41) is 31.2. The molecule has 2 atom stereocenters. The molecule has 0 saturated carbocycles. The summed E-state index contributed by atoms with van der Waals surface area (Å²) in [6.45, 7) is 6.20. The number of ether oxygens (including phenoxy) is 1. The number of nitrogens with one attached hydrogen (secondary N) is 1. The first-order chi connectivity index (χ1) is 15.1. The van der Waals surface area contributed by atoms with Crippen molar-refractivity contribution in [2.24, 2.45) is 5.41 Å². The number of carbonyl (C=O) groups excluding carboxylic acids is 2. The molecule has 0 unspecified atom stereocenters. The largest absolute Gasteiger partial charge is 0.475 e. The van der Waals surface area contributed by atoms with Crippen LogP contribution in [-0.2, 0) is 16.0 Å². The number of amides is 2. The van der Waals surface area contributed by atoms with Crippen molar-refractivity contribution < 1.29 is 24.4 Å². The molecule has 2 rings (SSSR count). The van der Waals surface area contributed by atoms with Gasteiger partial charge in [0.2, 0.25) is 0 Å². The highest BCUT2D eigenvalue weighted by atomic mass is 16.5. The van der Waals surface area contributed by atoms with Gasteiger partial charge in [0.25, 0.3) is 5.91 Å². The molecular weight excluding hydrogens is 409 g/mol. The van der Waals surface area contributed by atoms with Crippen molar-refractivity contribution in [2.45, 2.75) is 58.4 Å². The third-order valence-electron chi connectivity index (χ3n) is 5.18. The number of nitrogens with zero attached hydrogens (tertiary/aromatic N) is 2. The fourth-order valence-electron chi connectivity index (χ4n) is 3.63. The Kier molecular flexibility index (Phi) is 9.30. The Balaban J connectivity index is 1.99. The highest BCUT2D eigenvalue weighted by Crippen LogP contribution is 2.23. The Morgan fingerprint density at radius 2 is 2.00 bits per heavy atom. The van der Waals surface area contributed by atoms with Crippen LogP contribution in [0.2, 0.25) is 0 Å². The van der Waals surface area contributed by atoms with E-state index in [9.17, 15) is 24.9 Å². The number of hydrogen-bond donors (Lipinski definition) is 3. The highest BCUT2D eigenvalue weighted by Gasteiger charge is 2.31.